The van der Waals surface area contributed by atoms with Crippen molar-refractivity contribution < 1.29 is 53.1 Å². The van der Waals surface area contributed by atoms with Gasteiger partial charge in [0.05, 0.1) is 0 Å². The predicted molar refractivity (Wildman–Crippen MR) is 97.9 cm³/mol. The fourth-order valence-corrected chi connectivity index (χ4v) is 12.3. The van der Waals surface area contributed by atoms with E-state index in [0.29, 0.717) is 24.3 Å². The minimum absolute atomic E-state index is 0.439. The Kier molecular flexibility index (Phi) is 5.97. The van der Waals surface area contributed by atoms with Crippen LogP contribution >= 0.6 is 0 Å². The third-order valence-electron chi connectivity index (χ3n) is 4.87. The Labute approximate surface area is 179 Å². The first-order valence-electron chi connectivity index (χ1n) is 9.17. The fourth-order valence-electron chi connectivity index (χ4n) is 3.49. The molecule has 0 N–H and O–H groups in total. The molecule has 2 aliphatic rings. The molecule has 0 saturated carbocycles. The Morgan fingerprint density at radius 3 is 1.10 bits per heavy atom. The van der Waals surface area contributed by atoms with Crippen LogP contribution in [0.15, 0.2) is 72.9 Å². The van der Waals surface area contributed by atoms with Crippen LogP contribution in [0.4, 0.5) is 26.3 Å². The quantitative estimate of drug-likeness (QED) is 0.395. The number of benzene rings is 2. The molecule has 0 aromatic heterocycles. The third-order valence-corrected chi connectivity index (χ3v) is 13.9. The number of hydrogen-bond donors (Lipinski definition) is 0. The molecule has 0 radical (unpaired) electrons. The van der Waals surface area contributed by atoms with E-state index in [1.54, 1.807) is 48.6 Å². The molecule has 0 saturated heterocycles. The van der Waals surface area contributed by atoms with Gasteiger partial charge in [-0.1, -0.05) is 0 Å². The summed E-state index contributed by atoms with van der Waals surface area (Å²) in [7, 11) is 0. The van der Waals surface area contributed by atoms with Crippen LogP contribution in [0.3, 0.4) is 0 Å². The third kappa shape index (κ3) is 4.16. The Hall–Kier alpha value is -2.54. The van der Waals surface area contributed by atoms with Crippen molar-refractivity contribution in [1.29, 1.82) is 0 Å². The van der Waals surface area contributed by atoms with E-state index in [-0.39, 0.29) is 0 Å². The van der Waals surface area contributed by atoms with Crippen LogP contribution < -0.4 is 5.63 Å². The van der Waals surface area contributed by atoms with E-state index in [0.717, 1.165) is 0 Å². The van der Waals surface area contributed by atoms with E-state index in [1.165, 1.54) is 0 Å². The van der Waals surface area contributed by atoms with Crippen molar-refractivity contribution in [2.75, 3.05) is 0 Å². The van der Waals surface area contributed by atoms with Gasteiger partial charge >= 0.3 is 180 Å². The van der Waals surface area contributed by atoms with Gasteiger partial charge in [0.25, 0.3) is 0 Å². The maximum atomic E-state index is 14.5. The maximum absolute atomic E-state index is 14.5. The van der Waals surface area contributed by atoms with Crippen molar-refractivity contribution in [2.24, 2.45) is 0 Å². The average molecular weight is 516 g/mol. The van der Waals surface area contributed by atoms with Crippen LogP contribution in [0.2, 0.25) is 7.25 Å². The average Bonchev–Trinajstić information content (AvgIpc) is 3.40. The van der Waals surface area contributed by atoms with Gasteiger partial charge in [0.15, 0.2) is 0 Å². The van der Waals surface area contributed by atoms with Gasteiger partial charge in [0, 0.05) is 0 Å². The first-order chi connectivity index (χ1) is 14.8. The molecule has 4 rings (SSSR count). The molecule has 0 atom stereocenters. The van der Waals surface area contributed by atoms with E-state index in [9.17, 15) is 26.3 Å². The SMILES string of the molecule is Fc1cc(F)c([O][Zr]([O]c2c(F)cc(F)cc2F)([CH]2C=CC=C2)[CH]2C=CC=C2)c(F)c1. The molecule has 31 heavy (non-hydrogen) atoms. The summed E-state index contributed by atoms with van der Waals surface area (Å²) in [6, 6.07) is 1.76. The van der Waals surface area contributed by atoms with Gasteiger partial charge in [-0.3, -0.25) is 0 Å². The summed E-state index contributed by atoms with van der Waals surface area (Å²) >= 11 is -5.14. The van der Waals surface area contributed by atoms with E-state index >= 15 is 0 Å². The van der Waals surface area contributed by atoms with Crippen molar-refractivity contribution in [3.05, 3.63) is 108 Å². The number of halogens is 6. The van der Waals surface area contributed by atoms with Gasteiger partial charge in [-0.15, -0.1) is 0 Å². The van der Waals surface area contributed by atoms with Crippen LogP contribution in [0.25, 0.3) is 0 Å². The van der Waals surface area contributed by atoms with Gasteiger partial charge in [-0.25, -0.2) is 0 Å². The van der Waals surface area contributed by atoms with Gasteiger partial charge in [0.1, 0.15) is 0 Å². The number of allylic oxidation sites excluding steroid dienone is 8. The van der Waals surface area contributed by atoms with Gasteiger partial charge in [-0.05, 0) is 0 Å². The molecule has 2 aliphatic carbocycles. The van der Waals surface area contributed by atoms with Gasteiger partial charge in [-0.2, -0.15) is 0 Å². The zero-order valence-corrected chi connectivity index (χ0v) is 18.1. The molecule has 0 heterocycles. The first-order valence-corrected chi connectivity index (χ1v) is 14.0. The molecule has 2 nitrogen and oxygen atoms in total. The van der Waals surface area contributed by atoms with Crippen molar-refractivity contribution in [2.45, 2.75) is 7.25 Å². The Morgan fingerprint density at radius 2 is 0.806 bits per heavy atom. The van der Waals surface area contributed by atoms with E-state index < -0.39 is 74.8 Å². The van der Waals surface area contributed by atoms with Gasteiger partial charge < -0.3 is 0 Å². The zero-order chi connectivity index (χ0) is 22.2. The molecule has 0 unspecified atom stereocenters. The molecule has 2 aromatic rings. The molecule has 0 spiro atoms. The van der Waals surface area contributed by atoms with Crippen LogP contribution in [0, 0.1) is 34.9 Å². The Balaban J connectivity index is 1.90. The molecule has 0 amide bonds. The molecular weight excluding hydrogens is 501 g/mol. The normalized spacial score (nSPS) is 15.9. The summed E-state index contributed by atoms with van der Waals surface area (Å²) in [6.07, 6.45) is 13.1. The molecule has 160 valence electrons. The number of rotatable bonds is 6. The first kappa shape index (κ1) is 21.7. The molecule has 2 aromatic carbocycles. The van der Waals surface area contributed by atoms with Crippen LogP contribution in [-0.2, 0) is 21.1 Å². The van der Waals surface area contributed by atoms with Crippen LogP contribution in [0.1, 0.15) is 0 Å². The summed E-state index contributed by atoms with van der Waals surface area (Å²) in [4.78, 5) is 0. The van der Waals surface area contributed by atoms with Crippen molar-refractivity contribution in [1.82, 2.24) is 0 Å². The van der Waals surface area contributed by atoms with Crippen LogP contribution in [0.5, 0.6) is 11.5 Å². The Morgan fingerprint density at radius 1 is 0.516 bits per heavy atom. The summed E-state index contributed by atoms with van der Waals surface area (Å²) < 4.78 is 95.1. The standard InChI is InChI=1S/2C6H3F3O.2C5H5.Zr/c2*7-3-1-4(8)6(10)5(9)2-3;2*1-2-4-5-3-1;/h2*1-2,10H;2*1-5H;/q;;;;+2/p-2. The molecule has 0 bridgehead atoms. The molecule has 0 fully saturated rings. The summed E-state index contributed by atoms with van der Waals surface area (Å²) in [5.41, 5.74) is 0. The second-order valence-corrected chi connectivity index (χ2v) is 14.7. The van der Waals surface area contributed by atoms with E-state index in [4.69, 9.17) is 5.63 Å². The fraction of sp³-hybridized carbons (Fsp3) is 0.0909. The monoisotopic (exact) mass is 514 g/mol. The van der Waals surface area contributed by atoms with Crippen LogP contribution in [-0.4, -0.2) is 0 Å². The zero-order valence-electron chi connectivity index (χ0n) is 15.7. The Bertz CT molecular complexity index is 981. The van der Waals surface area contributed by atoms with Crippen molar-refractivity contribution in [3.63, 3.8) is 0 Å². The summed E-state index contributed by atoms with van der Waals surface area (Å²) in [5, 5.41) is 0. The summed E-state index contributed by atoms with van der Waals surface area (Å²) in [5.74, 6) is -9.39. The van der Waals surface area contributed by atoms with Crippen molar-refractivity contribution >= 4 is 0 Å². The van der Waals surface area contributed by atoms with E-state index in [2.05, 4.69) is 0 Å². The summed E-state index contributed by atoms with van der Waals surface area (Å²) in [6.45, 7) is 0. The topological polar surface area (TPSA) is 18.5 Å². The van der Waals surface area contributed by atoms with Gasteiger partial charge in [0.2, 0.25) is 0 Å². The second kappa shape index (κ2) is 8.54. The molecular formula is C22H14F6O2Zr. The van der Waals surface area contributed by atoms with Crippen molar-refractivity contribution in [3.8, 4) is 11.5 Å². The minimum atomic E-state index is -5.14. The second-order valence-electron chi connectivity index (χ2n) is 6.91. The predicted octanol–water partition coefficient (Wildman–Crippen LogP) is 6.79. The molecule has 0 aliphatic heterocycles. The number of hydrogen-bond acceptors (Lipinski definition) is 2. The molecule has 9 heteroatoms. The van der Waals surface area contributed by atoms with E-state index in [1.807, 2.05) is 0 Å².